The summed E-state index contributed by atoms with van der Waals surface area (Å²) in [6.07, 6.45) is -4.62. The summed E-state index contributed by atoms with van der Waals surface area (Å²) in [5, 5.41) is 6.86. The van der Waals surface area contributed by atoms with Gasteiger partial charge in [0.05, 0.1) is 5.56 Å². The Morgan fingerprint density at radius 1 is 0.927 bits per heavy atom. The van der Waals surface area contributed by atoms with Crippen molar-refractivity contribution >= 4 is 5.97 Å². The lowest BCUT2D eigenvalue weighted by molar-refractivity contribution is -0.161. The van der Waals surface area contributed by atoms with Crippen molar-refractivity contribution < 1.29 is 31.6 Å². The van der Waals surface area contributed by atoms with Crippen LogP contribution in [0.5, 0.6) is 0 Å². The van der Waals surface area contributed by atoms with Crippen molar-refractivity contribution in [3.05, 3.63) is 83.2 Å². The quantitative estimate of drug-likeness (QED) is 0.181. The van der Waals surface area contributed by atoms with Crippen LogP contribution in [0.25, 0.3) is 34.0 Å². The summed E-state index contributed by atoms with van der Waals surface area (Å²) in [4.78, 5) is 16.7. The molecule has 0 saturated heterocycles. The number of rotatable bonds is 7. The number of nitrogens with zero attached hydrogens (tertiary/aromatic N) is 2. The van der Waals surface area contributed by atoms with E-state index in [0.717, 1.165) is 6.07 Å². The van der Waals surface area contributed by atoms with Gasteiger partial charge in [0, 0.05) is 23.2 Å². The van der Waals surface area contributed by atoms with Gasteiger partial charge in [0.25, 0.3) is 5.89 Å². The summed E-state index contributed by atoms with van der Waals surface area (Å²) in [6, 6.07) is 14.9. The average molecular weight is 570 g/mol. The average Bonchev–Trinajstić information content (AvgIpc) is 3.37. The molecule has 41 heavy (non-hydrogen) atoms. The van der Waals surface area contributed by atoms with Gasteiger partial charge in [-0.3, -0.25) is 10.1 Å². The number of nitrogens with one attached hydrogen (secondary N) is 1. The van der Waals surface area contributed by atoms with Gasteiger partial charge in [0.15, 0.2) is 0 Å². The van der Waals surface area contributed by atoms with Gasteiger partial charge in [0.2, 0.25) is 5.82 Å². The van der Waals surface area contributed by atoms with E-state index in [1.54, 1.807) is 71.9 Å². The Hall–Kier alpha value is -4.05. The smallest absolute Gasteiger partial charge is 0.417 e. The van der Waals surface area contributed by atoms with E-state index >= 15 is 0 Å². The third-order valence-corrected chi connectivity index (χ3v) is 6.37. The molecule has 0 saturated carbocycles. The van der Waals surface area contributed by atoms with E-state index in [9.17, 15) is 22.4 Å². The fourth-order valence-corrected chi connectivity index (χ4v) is 4.10. The molecule has 0 aliphatic rings. The number of carbonyl (C=O) groups excluding carboxylic acids is 1. The minimum absolute atomic E-state index is 0.0176. The molecule has 1 N–H and O–H groups in total. The lowest BCUT2D eigenvalue weighted by atomic mass is 9.94. The minimum atomic E-state index is -4.62. The van der Waals surface area contributed by atoms with Crippen LogP contribution in [0, 0.1) is 12.7 Å². The lowest BCUT2D eigenvalue weighted by Gasteiger charge is -2.29. The van der Waals surface area contributed by atoms with Gasteiger partial charge in [0.1, 0.15) is 17.0 Å². The molecule has 1 heterocycles. The first kappa shape index (κ1) is 29.9. The van der Waals surface area contributed by atoms with Crippen LogP contribution in [0.2, 0.25) is 0 Å². The van der Waals surface area contributed by atoms with Gasteiger partial charge in [-0.1, -0.05) is 47.6 Å². The molecule has 0 radical (unpaired) electrons. The van der Waals surface area contributed by atoms with E-state index in [2.05, 4.69) is 15.5 Å². The second-order valence-corrected chi connectivity index (χ2v) is 11.3. The van der Waals surface area contributed by atoms with Gasteiger partial charge < -0.3 is 9.26 Å². The lowest BCUT2D eigenvalue weighted by Crippen LogP contribution is -2.49. The zero-order valence-electron chi connectivity index (χ0n) is 23.6. The first-order chi connectivity index (χ1) is 19.0. The minimum Gasteiger partial charge on any atom is -0.459 e. The van der Waals surface area contributed by atoms with E-state index in [-0.39, 0.29) is 40.5 Å². The summed E-state index contributed by atoms with van der Waals surface area (Å²) in [5.41, 5.74) is -0.692. The maximum Gasteiger partial charge on any atom is 0.417 e. The van der Waals surface area contributed by atoms with Gasteiger partial charge in [-0.05, 0) is 76.4 Å². The largest absolute Gasteiger partial charge is 0.459 e. The number of aromatic nitrogens is 2. The Bertz CT molecular complexity index is 1570. The molecule has 0 aliphatic heterocycles. The van der Waals surface area contributed by atoms with Crippen molar-refractivity contribution in [2.45, 2.75) is 65.4 Å². The van der Waals surface area contributed by atoms with Crippen LogP contribution < -0.4 is 5.32 Å². The highest BCUT2D eigenvalue weighted by Gasteiger charge is 2.35. The predicted octanol–water partition coefficient (Wildman–Crippen LogP) is 7.75. The molecular weight excluding hydrogens is 538 g/mol. The first-order valence-corrected chi connectivity index (χ1v) is 12.9. The van der Waals surface area contributed by atoms with Crippen molar-refractivity contribution in [3.63, 3.8) is 0 Å². The van der Waals surface area contributed by atoms with E-state index in [4.69, 9.17) is 9.26 Å². The number of ether oxygens (including phenoxy) is 1. The van der Waals surface area contributed by atoms with E-state index < -0.39 is 34.7 Å². The molecule has 0 unspecified atom stereocenters. The van der Waals surface area contributed by atoms with E-state index in [1.165, 1.54) is 24.3 Å². The van der Waals surface area contributed by atoms with Gasteiger partial charge in [-0.25, -0.2) is 4.39 Å². The Balaban J connectivity index is 1.56. The molecule has 10 heteroatoms. The number of esters is 1. The molecule has 0 amide bonds. The molecule has 6 nitrogen and oxygen atoms in total. The van der Waals surface area contributed by atoms with Crippen molar-refractivity contribution in [1.82, 2.24) is 15.5 Å². The molecule has 0 fully saturated rings. The van der Waals surface area contributed by atoms with Crippen LogP contribution in [0.4, 0.5) is 17.6 Å². The third-order valence-electron chi connectivity index (χ3n) is 6.37. The molecule has 0 atom stereocenters. The summed E-state index contributed by atoms with van der Waals surface area (Å²) < 4.78 is 67.7. The number of halogens is 4. The number of alkyl halides is 3. The second kappa shape index (κ2) is 11.1. The van der Waals surface area contributed by atoms with Crippen LogP contribution >= 0.6 is 0 Å². The van der Waals surface area contributed by atoms with Crippen LogP contribution in [0.1, 0.15) is 51.3 Å². The molecule has 4 aromatic rings. The number of hydrogen-bond donors (Lipinski definition) is 1. The number of aryl methyl sites for hydroxylation is 1. The Kier molecular flexibility index (Phi) is 8.09. The molecule has 0 spiro atoms. The maximum absolute atomic E-state index is 15.0. The molecule has 3 aromatic carbocycles. The fourth-order valence-electron chi connectivity index (χ4n) is 4.10. The molecule has 0 aliphatic carbocycles. The third kappa shape index (κ3) is 7.00. The Morgan fingerprint density at radius 2 is 1.61 bits per heavy atom. The topological polar surface area (TPSA) is 77.2 Å². The highest BCUT2D eigenvalue weighted by molar-refractivity contribution is 5.80. The monoisotopic (exact) mass is 569 g/mol. The molecule has 1 aromatic heterocycles. The SMILES string of the molecule is Cc1ccccc1-c1ccc(-c2nc(-c3ccc(CNC(C)(C)C(=O)OC(C)(C)C)c(F)c3)no2)cc1C(F)(F)F. The zero-order chi connectivity index (χ0) is 30.2. The normalized spacial score (nSPS) is 12.4. The van der Waals surface area contributed by atoms with Crippen molar-refractivity contribution in [2.24, 2.45) is 0 Å². The second-order valence-electron chi connectivity index (χ2n) is 11.3. The van der Waals surface area contributed by atoms with Crippen LogP contribution in [0.15, 0.2) is 65.2 Å². The zero-order valence-corrected chi connectivity index (χ0v) is 23.6. The van der Waals surface area contributed by atoms with Gasteiger partial charge in [-0.2, -0.15) is 18.2 Å². The number of carbonyl (C=O) groups is 1. The summed E-state index contributed by atoms with van der Waals surface area (Å²) in [7, 11) is 0. The van der Waals surface area contributed by atoms with Crippen molar-refractivity contribution in [1.29, 1.82) is 0 Å². The van der Waals surface area contributed by atoms with E-state index in [1.807, 2.05) is 0 Å². The Morgan fingerprint density at radius 3 is 2.24 bits per heavy atom. The molecule has 0 bridgehead atoms. The number of hydrogen-bond acceptors (Lipinski definition) is 6. The van der Waals surface area contributed by atoms with Gasteiger partial charge >= 0.3 is 12.1 Å². The standard InChI is InChI=1S/C31H31F4N3O3/c1-18-9-7-8-10-22(18)23-14-13-20(15-24(23)31(33,34)35)27-37-26(38-41-27)19-11-12-21(25(32)16-19)17-36-30(5,6)28(39)40-29(2,3)4/h7-16,36H,17H2,1-6H3. The van der Waals surface area contributed by atoms with Crippen LogP contribution in [-0.2, 0) is 22.3 Å². The van der Waals surface area contributed by atoms with Crippen molar-refractivity contribution in [2.75, 3.05) is 0 Å². The van der Waals surface area contributed by atoms with Crippen LogP contribution in [-0.4, -0.2) is 27.2 Å². The fraction of sp³-hybridized carbons (Fsp3) is 0.323. The first-order valence-electron chi connectivity index (χ1n) is 12.9. The van der Waals surface area contributed by atoms with Crippen LogP contribution in [0.3, 0.4) is 0 Å². The Labute approximate surface area is 235 Å². The molecular formula is C31H31F4N3O3. The molecule has 216 valence electrons. The van der Waals surface area contributed by atoms with Crippen molar-refractivity contribution in [3.8, 4) is 34.0 Å². The summed E-state index contributed by atoms with van der Waals surface area (Å²) >= 11 is 0. The maximum atomic E-state index is 15.0. The highest BCUT2D eigenvalue weighted by atomic mass is 19.4. The highest BCUT2D eigenvalue weighted by Crippen LogP contribution is 2.40. The van der Waals surface area contributed by atoms with E-state index in [0.29, 0.717) is 11.1 Å². The summed E-state index contributed by atoms with van der Waals surface area (Å²) in [6.45, 7) is 10.4. The molecule has 4 rings (SSSR count). The number of benzene rings is 3. The predicted molar refractivity (Wildman–Crippen MR) is 147 cm³/mol. The van der Waals surface area contributed by atoms with Gasteiger partial charge in [-0.15, -0.1) is 0 Å². The summed E-state index contributed by atoms with van der Waals surface area (Å²) in [5.74, 6) is -1.17.